The van der Waals surface area contributed by atoms with Crippen LogP contribution >= 0.6 is 27.7 Å². The maximum absolute atomic E-state index is 11.8. The van der Waals surface area contributed by atoms with Gasteiger partial charge in [0.25, 0.3) is 0 Å². The van der Waals surface area contributed by atoms with Crippen LogP contribution in [-0.2, 0) is 4.79 Å². The Bertz CT molecular complexity index is 241. The molecule has 2 aliphatic rings. The van der Waals surface area contributed by atoms with Gasteiger partial charge in [-0.1, -0.05) is 15.9 Å². The molecule has 0 bridgehead atoms. The number of carbonyl (C=O) groups is 1. The lowest BCUT2D eigenvalue weighted by Crippen LogP contribution is -2.40. The lowest BCUT2D eigenvalue weighted by atomic mass is 9.94. The average molecular weight is 292 g/mol. The Kier molecular flexibility index (Phi) is 3.99. The number of rotatable bonds is 2. The molecule has 2 fully saturated rings. The number of amides is 1. The molecular weight excluding hydrogens is 274 g/mol. The van der Waals surface area contributed by atoms with Gasteiger partial charge in [0, 0.05) is 17.8 Å². The summed E-state index contributed by atoms with van der Waals surface area (Å²) in [7, 11) is 0. The molecule has 2 nitrogen and oxygen atoms in total. The molecule has 0 radical (unpaired) electrons. The summed E-state index contributed by atoms with van der Waals surface area (Å²) in [6.45, 7) is 0.962. The second-order valence-electron chi connectivity index (χ2n) is 4.45. The topological polar surface area (TPSA) is 20.3 Å². The van der Waals surface area contributed by atoms with E-state index in [4.69, 9.17) is 0 Å². The zero-order valence-corrected chi connectivity index (χ0v) is 11.5. The first-order valence-corrected chi connectivity index (χ1v) is 7.90. The fourth-order valence-corrected chi connectivity index (χ4v) is 3.83. The molecule has 0 N–H and O–H groups in total. The van der Waals surface area contributed by atoms with Gasteiger partial charge in [0.15, 0.2) is 0 Å². The predicted molar refractivity (Wildman–Crippen MR) is 68.6 cm³/mol. The number of nitrogens with zero attached hydrogens (tertiary/aromatic N) is 1. The van der Waals surface area contributed by atoms with Crippen molar-refractivity contribution in [3.8, 4) is 0 Å². The molecule has 86 valence electrons. The zero-order valence-electron chi connectivity index (χ0n) is 9.12. The lowest BCUT2D eigenvalue weighted by Gasteiger charge is -2.34. The molecule has 0 aromatic heterocycles. The smallest absolute Gasteiger partial charge is 0.236 e. The highest BCUT2D eigenvalue weighted by Crippen LogP contribution is 2.32. The van der Waals surface area contributed by atoms with Crippen molar-refractivity contribution in [2.75, 3.05) is 12.8 Å². The number of alkyl halides is 1. The maximum atomic E-state index is 11.8. The monoisotopic (exact) mass is 291 g/mol. The van der Waals surface area contributed by atoms with E-state index in [-0.39, 0.29) is 4.83 Å². The van der Waals surface area contributed by atoms with E-state index >= 15 is 0 Å². The van der Waals surface area contributed by atoms with Crippen LogP contribution in [0.15, 0.2) is 0 Å². The minimum Gasteiger partial charge on any atom is -0.339 e. The number of carbonyl (C=O) groups excluding carboxylic acids is 1. The third kappa shape index (κ3) is 2.52. The van der Waals surface area contributed by atoms with E-state index in [2.05, 4.69) is 27.1 Å². The SMILES string of the molecule is CSC1CCC(N2CCC(Br)C2=O)CC1. The van der Waals surface area contributed by atoms with Gasteiger partial charge in [-0.2, -0.15) is 11.8 Å². The molecule has 0 spiro atoms. The van der Waals surface area contributed by atoms with Crippen molar-refractivity contribution in [3.63, 3.8) is 0 Å². The lowest BCUT2D eigenvalue weighted by molar-refractivity contribution is -0.129. The summed E-state index contributed by atoms with van der Waals surface area (Å²) in [6.07, 6.45) is 8.15. The largest absolute Gasteiger partial charge is 0.339 e. The van der Waals surface area contributed by atoms with E-state index in [0.29, 0.717) is 11.9 Å². The van der Waals surface area contributed by atoms with Crippen molar-refractivity contribution < 1.29 is 4.79 Å². The van der Waals surface area contributed by atoms with Crippen LogP contribution in [0.2, 0.25) is 0 Å². The Hall–Kier alpha value is 0.300. The van der Waals surface area contributed by atoms with Crippen molar-refractivity contribution >= 4 is 33.6 Å². The summed E-state index contributed by atoms with van der Waals surface area (Å²) in [6, 6.07) is 0.531. The number of hydrogen-bond donors (Lipinski definition) is 0. The van der Waals surface area contributed by atoms with Crippen LogP contribution in [0.4, 0.5) is 0 Å². The Balaban J connectivity index is 1.88. The molecule has 1 atom stereocenters. The normalized spacial score (nSPS) is 37.3. The molecule has 1 saturated carbocycles. The number of hydrogen-bond acceptors (Lipinski definition) is 2. The van der Waals surface area contributed by atoms with Crippen LogP contribution in [-0.4, -0.2) is 39.7 Å². The zero-order chi connectivity index (χ0) is 10.8. The summed E-state index contributed by atoms with van der Waals surface area (Å²) >= 11 is 5.42. The van der Waals surface area contributed by atoms with Crippen LogP contribution in [0, 0.1) is 0 Å². The van der Waals surface area contributed by atoms with Gasteiger partial charge in [-0.25, -0.2) is 0 Å². The Morgan fingerprint density at radius 2 is 1.93 bits per heavy atom. The molecule has 0 aromatic rings. The summed E-state index contributed by atoms with van der Waals surface area (Å²) < 4.78 is 0. The quantitative estimate of drug-likeness (QED) is 0.729. The first kappa shape index (κ1) is 11.8. The van der Waals surface area contributed by atoms with Crippen molar-refractivity contribution in [2.45, 2.75) is 48.2 Å². The van der Waals surface area contributed by atoms with Crippen molar-refractivity contribution in [3.05, 3.63) is 0 Å². The first-order valence-electron chi connectivity index (χ1n) is 5.69. The Morgan fingerprint density at radius 3 is 2.40 bits per heavy atom. The van der Waals surface area contributed by atoms with Gasteiger partial charge >= 0.3 is 0 Å². The van der Waals surface area contributed by atoms with Crippen LogP contribution in [0.3, 0.4) is 0 Å². The summed E-state index contributed by atoms with van der Waals surface area (Å²) in [5.74, 6) is 0.322. The fourth-order valence-electron chi connectivity index (χ4n) is 2.62. The number of likely N-dealkylation sites (tertiary alicyclic amines) is 1. The molecule has 1 amide bonds. The van der Waals surface area contributed by atoms with Crippen molar-refractivity contribution in [1.29, 1.82) is 0 Å². The minimum absolute atomic E-state index is 0.0933. The summed E-state index contributed by atoms with van der Waals surface area (Å²) in [5, 5.41) is 0.832. The van der Waals surface area contributed by atoms with E-state index in [9.17, 15) is 4.79 Å². The first-order chi connectivity index (χ1) is 7.22. The molecule has 2 rings (SSSR count). The third-order valence-electron chi connectivity index (χ3n) is 3.59. The molecule has 1 heterocycles. The van der Waals surface area contributed by atoms with Gasteiger partial charge < -0.3 is 4.90 Å². The molecule has 4 heteroatoms. The van der Waals surface area contributed by atoms with Gasteiger partial charge in [0.05, 0.1) is 4.83 Å². The maximum Gasteiger partial charge on any atom is 0.236 e. The standard InChI is InChI=1S/C11H18BrNOS/c1-15-9-4-2-8(3-5-9)13-7-6-10(12)11(13)14/h8-10H,2-7H2,1H3. The van der Waals surface area contributed by atoms with Crippen LogP contribution in [0.25, 0.3) is 0 Å². The minimum atomic E-state index is 0.0933. The van der Waals surface area contributed by atoms with E-state index in [1.807, 2.05) is 11.8 Å². The highest BCUT2D eigenvalue weighted by atomic mass is 79.9. The second kappa shape index (κ2) is 5.09. The van der Waals surface area contributed by atoms with Crippen LogP contribution < -0.4 is 0 Å². The molecular formula is C11H18BrNOS. The molecule has 0 aromatic carbocycles. The van der Waals surface area contributed by atoms with Crippen molar-refractivity contribution in [1.82, 2.24) is 4.90 Å². The number of halogens is 1. The summed E-state index contributed by atoms with van der Waals surface area (Å²) in [5.41, 5.74) is 0. The average Bonchev–Trinajstić information content (AvgIpc) is 2.60. The Morgan fingerprint density at radius 1 is 1.27 bits per heavy atom. The van der Waals surface area contributed by atoms with Crippen LogP contribution in [0.5, 0.6) is 0 Å². The molecule has 15 heavy (non-hydrogen) atoms. The van der Waals surface area contributed by atoms with Gasteiger partial charge in [-0.05, 0) is 38.4 Å². The van der Waals surface area contributed by atoms with Gasteiger partial charge in [-0.3, -0.25) is 4.79 Å². The van der Waals surface area contributed by atoms with E-state index in [1.165, 1.54) is 25.7 Å². The molecule has 1 aliphatic carbocycles. The van der Waals surface area contributed by atoms with E-state index in [0.717, 1.165) is 18.2 Å². The fraction of sp³-hybridized carbons (Fsp3) is 0.909. The highest BCUT2D eigenvalue weighted by Gasteiger charge is 2.35. The highest BCUT2D eigenvalue weighted by molar-refractivity contribution is 9.10. The van der Waals surface area contributed by atoms with Gasteiger partial charge in [-0.15, -0.1) is 0 Å². The predicted octanol–water partition coefficient (Wildman–Crippen LogP) is 2.66. The van der Waals surface area contributed by atoms with Gasteiger partial charge in [0.2, 0.25) is 5.91 Å². The molecule has 1 aliphatic heterocycles. The van der Waals surface area contributed by atoms with Gasteiger partial charge in [0.1, 0.15) is 0 Å². The second-order valence-corrected chi connectivity index (χ2v) is 6.70. The van der Waals surface area contributed by atoms with E-state index < -0.39 is 0 Å². The number of thioether (sulfide) groups is 1. The summed E-state index contributed by atoms with van der Waals surface area (Å²) in [4.78, 5) is 14.0. The molecule has 1 saturated heterocycles. The van der Waals surface area contributed by atoms with Crippen LogP contribution in [0.1, 0.15) is 32.1 Å². The van der Waals surface area contributed by atoms with Crippen molar-refractivity contribution in [2.24, 2.45) is 0 Å². The third-order valence-corrected chi connectivity index (χ3v) is 5.58. The molecule has 1 unspecified atom stereocenters. The van der Waals surface area contributed by atoms with E-state index in [1.54, 1.807) is 0 Å². The Labute approximate surface area is 104 Å².